The maximum absolute atomic E-state index is 8.75. The second-order valence-corrected chi connectivity index (χ2v) is 13.0. The van der Waals surface area contributed by atoms with Gasteiger partial charge in [0, 0.05) is 55.4 Å². The van der Waals surface area contributed by atoms with Crippen molar-refractivity contribution in [1.82, 2.24) is 0 Å². The molecule has 0 bridgehead atoms. The van der Waals surface area contributed by atoms with Crippen molar-refractivity contribution in [2.45, 2.75) is 198 Å². The third kappa shape index (κ3) is 51.4. The van der Waals surface area contributed by atoms with Crippen LogP contribution in [0.4, 0.5) is 0 Å². The largest absolute Gasteiger partial charge is 0.396 e. The summed E-state index contributed by atoms with van der Waals surface area (Å²) in [5.41, 5.74) is 0. The molecule has 0 saturated carbocycles. The molecule has 0 aliphatic rings. The molecule has 0 amide bonds. The number of rotatable bonds is 25. The van der Waals surface area contributed by atoms with E-state index >= 15 is 0 Å². The van der Waals surface area contributed by atoms with Gasteiger partial charge in [-0.2, -0.15) is 0 Å². The predicted molar refractivity (Wildman–Crippen MR) is 202 cm³/mol. The molecule has 0 aliphatic heterocycles. The van der Waals surface area contributed by atoms with E-state index in [9.17, 15) is 0 Å². The summed E-state index contributed by atoms with van der Waals surface area (Å²) >= 11 is 0. The Bertz CT molecular complexity index is 342. The first-order chi connectivity index (χ1) is 21.7. The molecule has 0 spiro atoms. The summed E-state index contributed by atoms with van der Waals surface area (Å²) < 4.78 is 0. The second-order valence-electron chi connectivity index (χ2n) is 13.0. The summed E-state index contributed by atoms with van der Waals surface area (Å²) in [5, 5.41) is 43.8. The fraction of sp³-hybridized carbons (Fsp3) is 1.00. The molecule has 46 heavy (non-hydrogen) atoms. The van der Waals surface area contributed by atoms with E-state index in [1.807, 2.05) is 0 Å². The Labute approximate surface area is 307 Å². The molecule has 0 heterocycles. The minimum atomic E-state index is 0. The van der Waals surface area contributed by atoms with Crippen LogP contribution in [0, 0.1) is 29.6 Å². The fourth-order valence-electron chi connectivity index (χ4n) is 4.59. The first kappa shape index (κ1) is 58.7. The molecule has 0 aromatic rings. The summed E-state index contributed by atoms with van der Waals surface area (Å²) in [6, 6.07) is 0. The standard InChI is InChI=1S/5C8H18O.Ta/c5*1-3-5-6-8(4-2)7-9;/h5*8-9H,3-7H2,1-2H3;. The van der Waals surface area contributed by atoms with Gasteiger partial charge < -0.3 is 25.5 Å². The van der Waals surface area contributed by atoms with Gasteiger partial charge in [-0.25, -0.2) is 0 Å². The first-order valence-electron chi connectivity index (χ1n) is 19.8. The normalized spacial score (nSPS) is 13.4. The van der Waals surface area contributed by atoms with Crippen LogP contribution >= 0.6 is 0 Å². The Hall–Kier alpha value is 0.540. The van der Waals surface area contributed by atoms with Crippen LogP contribution in [-0.2, 0) is 22.4 Å². The van der Waals surface area contributed by atoms with E-state index in [2.05, 4.69) is 69.2 Å². The molecule has 0 rings (SSSR count). The smallest absolute Gasteiger partial charge is 0.0459 e. The van der Waals surface area contributed by atoms with Crippen molar-refractivity contribution in [3.8, 4) is 0 Å². The molecule has 1 radical (unpaired) electrons. The van der Waals surface area contributed by atoms with Crippen LogP contribution in [0.15, 0.2) is 0 Å². The van der Waals surface area contributed by atoms with Crippen molar-refractivity contribution >= 4 is 0 Å². The van der Waals surface area contributed by atoms with Crippen LogP contribution in [-0.4, -0.2) is 58.6 Å². The van der Waals surface area contributed by atoms with Crippen LogP contribution in [0.3, 0.4) is 0 Å². The topological polar surface area (TPSA) is 101 Å². The predicted octanol–water partition coefficient (Wildman–Crippen LogP) is 11.0. The van der Waals surface area contributed by atoms with Gasteiger partial charge in [0.25, 0.3) is 0 Å². The summed E-state index contributed by atoms with van der Waals surface area (Å²) in [7, 11) is 0. The van der Waals surface area contributed by atoms with Gasteiger partial charge in [-0.1, -0.05) is 166 Å². The third-order valence-electron chi connectivity index (χ3n) is 9.01. The average molecular weight is 832 g/mol. The van der Waals surface area contributed by atoms with E-state index in [1.54, 1.807) is 0 Å². The van der Waals surface area contributed by atoms with Crippen molar-refractivity contribution in [2.75, 3.05) is 33.0 Å². The van der Waals surface area contributed by atoms with Crippen LogP contribution in [0.25, 0.3) is 0 Å². The number of hydrogen-bond donors (Lipinski definition) is 5. The maximum atomic E-state index is 8.75. The van der Waals surface area contributed by atoms with E-state index in [1.165, 1.54) is 96.3 Å². The molecule has 0 aliphatic carbocycles. The van der Waals surface area contributed by atoms with Gasteiger partial charge in [0.1, 0.15) is 0 Å². The quantitative estimate of drug-likeness (QED) is 0.0631. The maximum Gasteiger partial charge on any atom is 0.0459 e. The van der Waals surface area contributed by atoms with Gasteiger partial charge in [-0.3, -0.25) is 0 Å². The van der Waals surface area contributed by atoms with Crippen molar-refractivity contribution in [3.63, 3.8) is 0 Å². The van der Waals surface area contributed by atoms with Gasteiger partial charge in [-0.05, 0) is 61.7 Å². The Kier molecular flexibility index (Phi) is 70.2. The van der Waals surface area contributed by atoms with Crippen molar-refractivity contribution in [2.24, 2.45) is 29.6 Å². The molecule has 5 nitrogen and oxygen atoms in total. The third-order valence-corrected chi connectivity index (χ3v) is 9.01. The summed E-state index contributed by atoms with van der Waals surface area (Å²) in [6.45, 7) is 23.5. The van der Waals surface area contributed by atoms with E-state index in [-0.39, 0.29) is 22.4 Å². The van der Waals surface area contributed by atoms with Crippen molar-refractivity contribution < 1.29 is 47.9 Å². The molecule has 5 unspecified atom stereocenters. The summed E-state index contributed by atoms with van der Waals surface area (Å²) in [4.78, 5) is 0. The van der Waals surface area contributed by atoms with Gasteiger partial charge in [-0.15, -0.1) is 0 Å². The van der Waals surface area contributed by atoms with Gasteiger partial charge in [0.15, 0.2) is 0 Å². The molecule has 5 atom stereocenters. The number of hydrogen-bond acceptors (Lipinski definition) is 5. The van der Waals surface area contributed by atoms with Crippen LogP contribution in [0.2, 0.25) is 0 Å². The Morgan fingerprint density at radius 3 is 0.478 bits per heavy atom. The van der Waals surface area contributed by atoms with Crippen LogP contribution in [0.5, 0.6) is 0 Å². The Balaban J connectivity index is -0.000000108. The molecule has 6 heteroatoms. The second kappa shape index (κ2) is 55.0. The summed E-state index contributed by atoms with van der Waals surface area (Å²) in [6.07, 6.45) is 24.1. The van der Waals surface area contributed by atoms with E-state index < -0.39 is 0 Å². The fourth-order valence-corrected chi connectivity index (χ4v) is 4.59. The number of aliphatic hydroxyl groups excluding tert-OH is 5. The molecular formula is C40H90O5Ta. The Morgan fingerprint density at radius 1 is 0.283 bits per heavy atom. The zero-order valence-corrected chi connectivity index (χ0v) is 36.5. The SMILES string of the molecule is CCCCC(CC)CO.CCCCC(CC)CO.CCCCC(CC)CO.CCCCC(CC)CO.CCCCC(CC)CO.[Ta]. The summed E-state index contributed by atoms with van der Waals surface area (Å²) in [5.74, 6) is 2.80. The molecular weight excluding hydrogens is 741 g/mol. The van der Waals surface area contributed by atoms with E-state index in [0.717, 1.165) is 32.1 Å². The Morgan fingerprint density at radius 2 is 0.413 bits per heavy atom. The van der Waals surface area contributed by atoms with Crippen LogP contribution < -0.4 is 0 Å². The minimum Gasteiger partial charge on any atom is -0.396 e. The van der Waals surface area contributed by atoms with Gasteiger partial charge >= 0.3 is 0 Å². The molecule has 0 fully saturated rings. The van der Waals surface area contributed by atoms with Gasteiger partial charge in [0.05, 0.1) is 0 Å². The zero-order chi connectivity index (χ0) is 35.6. The number of aliphatic hydroxyl groups is 5. The number of unbranched alkanes of at least 4 members (excludes halogenated alkanes) is 5. The molecule has 285 valence electrons. The monoisotopic (exact) mass is 832 g/mol. The van der Waals surface area contributed by atoms with E-state index in [0.29, 0.717) is 62.6 Å². The van der Waals surface area contributed by atoms with Crippen LogP contribution in [0.1, 0.15) is 198 Å². The van der Waals surface area contributed by atoms with Crippen molar-refractivity contribution in [1.29, 1.82) is 0 Å². The molecule has 0 aromatic carbocycles. The van der Waals surface area contributed by atoms with Gasteiger partial charge in [0.2, 0.25) is 0 Å². The van der Waals surface area contributed by atoms with E-state index in [4.69, 9.17) is 25.5 Å². The zero-order valence-electron chi connectivity index (χ0n) is 33.2. The first-order valence-corrected chi connectivity index (χ1v) is 19.8. The average Bonchev–Trinajstić information content (AvgIpc) is 3.08. The van der Waals surface area contributed by atoms with Crippen molar-refractivity contribution in [3.05, 3.63) is 0 Å². The molecule has 0 saturated heterocycles. The molecule has 5 N–H and O–H groups in total. The minimum absolute atomic E-state index is 0. The molecule has 0 aromatic heterocycles.